The number of carbonyl (C=O) groups is 2. The van der Waals surface area contributed by atoms with E-state index < -0.39 is 6.04 Å². The fourth-order valence-corrected chi connectivity index (χ4v) is 3.20. The molecule has 1 aliphatic rings. The van der Waals surface area contributed by atoms with Crippen LogP contribution in [-0.2, 0) is 9.59 Å². The Hall–Kier alpha value is -2.67. The zero-order chi connectivity index (χ0) is 17.6. The lowest BCUT2D eigenvalue weighted by Gasteiger charge is -2.27. The minimum absolute atomic E-state index is 0.0542. The van der Waals surface area contributed by atoms with Crippen molar-refractivity contribution in [1.29, 1.82) is 0 Å². The molecule has 0 spiro atoms. The number of hydrogen-bond donors (Lipinski definition) is 4. The van der Waals surface area contributed by atoms with E-state index in [1.54, 1.807) is 12.3 Å². The Balaban J connectivity index is 1.74. The molecule has 25 heavy (non-hydrogen) atoms. The molecule has 3 rings (SSSR count). The van der Waals surface area contributed by atoms with Crippen molar-refractivity contribution in [1.82, 2.24) is 15.5 Å². The number of aromatic nitrogens is 2. The van der Waals surface area contributed by atoms with Crippen LogP contribution in [-0.4, -0.2) is 28.1 Å². The van der Waals surface area contributed by atoms with Crippen LogP contribution in [0.5, 0.6) is 0 Å². The van der Waals surface area contributed by atoms with Crippen molar-refractivity contribution in [3.63, 3.8) is 0 Å². The van der Waals surface area contributed by atoms with Crippen LogP contribution in [0.25, 0.3) is 0 Å². The number of carbonyl (C=O) groups excluding carboxylic acids is 2. The molecule has 1 aliphatic carbocycles. The van der Waals surface area contributed by atoms with Crippen LogP contribution in [0.2, 0.25) is 0 Å². The van der Waals surface area contributed by atoms with Gasteiger partial charge in [0.25, 0.3) is 5.91 Å². The van der Waals surface area contributed by atoms with Gasteiger partial charge in [-0.1, -0.05) is 36.8 Å². The first-order chi connectivity index (χ1) is 12.1. The first-order valence-electron chi connectivity index (χ1n) is 8.54. The molecule has 0 bridgehead atoms. The topological polar surface area (TPSA) is 113 Å². The highest BCUT2D eigenvalue weighted by Crippen LogP contribution is 2.24. The lowest BCUT2D eigenvalue weighted by Crippen LogP contribution is -2.42. The van der Waals surface area contributed by atoms with Gasteiger partial charge >= 0.3 is 0 Å². The Morgan fingerprint density at radius 1 is 1.20 bits per heavy atom. The molecule has 0 saturated heterocycles. The van der Waals surface area contributed by atoms with E-state index in [9.17, 15) is 9.59 Å². The Kier molecular flexibility index (Phi) is 5.45. The van der Waals surface area contributed by atoms with E-state index in [1.165, 1.54) is 0 Å². The van der Waals surface area contributed by atoms with Crippen molar-refractivity contribution >= 4 is 17.6 Å². The van der Waals surface area contributed by atoms with Gasteiger partial charge in [0.2, 0.25) is 5.91 Å². The predicted molar refractivity (Wildman–Crippen MR) is 94.5 cm³/mol. The number of benzene rings is 1. The molecule has 0 aliphatic heterocycles. The van der Waals surface area contributed by atoms with Crippen LogP contribution in [0.4, 0.5) is 5.82 Å². The van der Waals surface area contributed by atoms with Gasteiger partial charge in [-0.05, 0) is 24.8 Å². The van der Waals surface area contributed by atoms with Crippen molar-refractivity contribution in [2.24, 2.45) is 11.7 Å². The summed E-state index contributed by atoms with van der Waals surface area (Å²) in [6.07, 6.45) is 4.91. The molecule has 1 fully saturated rings. The van der Waals surface area contributed by atoms with Gasteiger partial charge in [0.05, 0.1) is 6.20 Å². The van der Waals surface area contributed by atoms with Crippen LogP contribution in [0.15, 0.2) is 42.6 Å². The molecule has 7 nitrogen and oxygen atoms in total. The van der Waals surface area contributed by atoms with Gasteiger partial charge in [0.15, 0.2) is 0 Å². The number of anilines is 1. The Bertz CT molecular complexity index is 702. The Morgan fingerprint density at radius 2 is 2.00 bits per heavy atom. The number of hydrogen-bond acceptors (Lipinski definition) is 4. The van der Waals surface area contributed by atoms with E-state index in [4.69, 9.17) is 5.73 Å². The van der Waals surface area contributed by atoms with Gasteiger partial charge in [-0.25, -0.2) is 0 Å². The smallest absolute Gasteiger partial charge is 0.252 e. The highest BCUT2D eigenvalue weighted by molar-refractivity contribution is 5.97. The zero-order valence-corrected chi connectivity index (χ0v) is 13.9. The molecule has 3 atom stereocenters. The zero-order valence-electron chi connectivity index (χ0n) is 13.9. The number of amides is 2. The molecule has 5 N–H and O–H groups in total. The van der Waals surface area contributed by atoms with Crippen molar-refractivity contribution < 1.29 is 9.59 Å². The lowest BCUT2D eigenvalue weighted by atomic mass is 9.85. The molecule has 1 aromatic carbocycles. The second kappa shape index (κ2) is 7.94. The minimum Gasteiger partial charge on any atom is -0.340 e. The molecule has 0 radical (unpaired) electrons. The summed E-state index contributed by atoms with van der Waals surface area (Å²) in [5.41, 5.74) is 6.71. The monoisotopic (exact) mass is 341 g/mol. The molecule has 1 saturated carbocycles. The third kappa shape index (κ3) is 4.45. The minimum atomic E-state index is -0.768. The van der Waals surface area contributed by atoms with E-state index in [-0.39, 0.29) is 23.8 Å². The largest absolute Gasteiger partial charge is 0.340 e. The van der Waals surface area contributed by atoms with E-state index >= 15 is 0 Å². The number of nitrogens with one attached hydrogen (secondary N) is 3. The number of H-pyrrole nitrogens is 1. The fraction of sp³-hybridized carbons (Fsp3) is 0.389. The maximum atomic E-state index is 12.7. The molecular formula is C18H23N5O2. The lowest BCUT2D eigenvalue weighted by molar-refractivity contribution is -0.130. The standard InChI is InChI=1S/C18H23N5O2/c19-14-8-4-7-13(11-14)17(24)22-16(12-5-2-1-3-6-12)18(25)21-15-9-10-20-23-15/h1-3,5-6,9-10,13-14,16H,4,7-8,11,19H2,(H,22,24)(H2,20,21,23,25). The van der Waals surface area contributed by atoms with Gasteiger partial charge in [-0.15, -0.1) is 0 Å². The average molecular weight is 341 g/mol. The van der Waals surface area contributed by atoms with Crippen molar-refractivity contribution in [3.05, 3.63) is 48.2 Å². The van der Waals surface area contributed by atoms with Crippen LogP contribution in [0, 0.1) is 5.92 Å². The first kappa shape index (κ1) is 17.2. The summed E-state index contributed by atoms with van der Waals surface area (Å²) in [6, 6.07) is 10.1. The normalized spacial score (nSPS) is 21.3. The molecule has 3 unspecified atom stereocenters. The summed E-state index contributed by atoms with van der Waals surface area (Å²) in [5, 5.41) is 12.1. The average Bonchev–Trinajstić information content (AvgIpc) is 3.13. The molecule has 132 valence electrons. The quantitative estimate of drug-likeness (QED) is 0.663. The third-order valence-corrected chi connectivity index (χ3v) is 4.53. The Morgan fingerprint density at radius 3 is 2.68 bits per heavy atom. The number of nitrogens with two attached hydrogens (primary N) is 1. The second-order valence-electron chi connectivity index (χ2n) is 6.44. The number of nitrogens with zero attached hydrogens (tertiary/aromatic N) is 1. The number of aromatic amines is 1. The van der Waals surface area contributed by atoms with Crippen LogP contribution >= 0.6 is 0 Å². The van der Waals surface area contributed by atoms with Crippen LogP contribution < -0.4 is 16.4 Å². The van der Waals surface area contributed by atoms with E-state index in [1.807, 2.05) is 30.3 Å². The first-order valence-corrected chi connectivity index (χ1v) is 8.54. The third-order valence-electron chi connectivity index (χ3n) is 4.53. The van der Waals surface area contributed by atoms with Gasteiger partial charge in [-0.3, -0.25) is 14.7 Å². The highest BCUT2D eigenvalue weighted by atomic mass is 16.2. The molecule has 7 heteroatoms. The highest BCUT2D eigenvalue weighted by Gasteiger charge is 2.29. The molecule has 1 heterocycles. The summed E-state index contributed by atoms with van der Waals surface area (Å²) < 4.78 is 0. The number of rotatable bonds is 5. The van der Waals surface area contributed by atoms with Crippen molar-refractivity contribution in [3.8, 4) is 0 Å². The summed E-state index contributed by atoms with van der Waals surface area (Å²) in [4.78, 5) is 25.4. The maximum absolute atomic E-state index is 12.7. The maximum Gasteiger partial charge on any atom is 0.252 e. The van der Waals surface area contributed by atoms with Gasteiger partial charge in [0, 0.05) is 18.0 Å². The van der Waals surface area contributed by atoms with Gasteiger partial charge in [0.1, 0.15) is 11.9 Å². The molecular weight excluding hydrogens is 318 g/mol. The fourth-order valence-electron chi connectivity index (χ4n) is 3.20. The predicted octanol–water partition coefficient (Wildman–Crippen LogP) is 1.72. The second-order valence-corrected chi connectivity index (χ2v) is 6.44. The van der Waals surface area contributed by atoms with E-state index in [2.05, 4.69) is 20.8 Å². The summed E-state index contributed by atoms with van der Waals surface area (Å²) in [7, 11) is 0. The molecule has 2 amide bonds. The molecule has 2 aromatic rings. The van der Waals surface area contributed by atoms with Crippen molar-refractivity contribution in [2.75, 3.05) is 5.32 Å². The van der Waals surface area contributed by atoms with Crippen LogP contribution in [0.1, 0.15) is 37.3 Å². The Labute approximate surface area is 146 Å². The SMILES string of the molecule is NC1CCCC(C(=O)NC(C(=O)Nc2ccn[nH]2)c2ccccc2)C1. The summed E-state index contributed by atoms with van der Waals surface area (Å²) >= 11 is 0. The van der Waals surface area contributed by atoms with Crippen LogP contribution in [0.3, 0.4) is 0 Å². The van der Waals surface area contributed by atoms with Gasteiger partial charge in [-0.2, -0.15) is 5.10 Å². The van der Waals surface area contributed by atoms with Crippen molar-refractivity contribution in [2.45, 2.75) is 37.8 Å². The van der Waals surface area contributed by atoms with E-state index in [0.717, 1.165) is 24.8 Å². The van der Waals surface area contributed by atoms with Gasteiger partial charge < -0.3 is 16.4 Å². The molecule has 1 aromatic heterocycles. The van der Waals surface area contributed by atoms with E-state index in [0.29, 0.717) is 12.2 Å². The summed E-state index contributed by atoms with van der Waals surface area (Å²) in [6.45, 7) is 0. The summed E-state index contributed by atoms with van der Waals surface area (Å²) in [5.74, 6) is -0.0949.